The van der Waals surface area contributed by atoms with Crippen molar-refractivity contribution in [1.82, 2.24) is 4.90 Å². The highest BCUT2D eigenvalue weighted by Crippen LogP contribution is 2.36. The van der Waals surface area contributed by atoms with Crippen LogP contribution in [0.2, 0.25) is 0 Å². The molecule has 0 aromatic rings. The van der Waals surface area contributed by atoms with Crippen LogP contribution >= 0.6 is 0 Å². The fourth-order valence-corrected chi connectivity index (χ4v) is 3.46. The van der Waals surface area contributed by atoms with Crippen molar-refractivity contribution in [3.63, 3.8) is 0 Å². The minimum Gasteiger partial charge on any atom is -0.480 e. The number of carboxylic acids is 1. The normalized spacial score (nSPS) is 35.1. The molecule has 1 saturated heterocycles. The number of hydrogen-bond acceptors (Lipinski definition) is 3. The van der Waals surface area contributed by atoms with Crippen LogP contribution in [0, 0.1) is 5.92 Å². The minimum atomic E-state index is -0.624. The van der Waals surface area contributed by atoms with Gasteiger partial charge in [0.1, 0.15) is 5.54 Å². The molecule has 2 rings (SSSR count). The Morgan fingerprint density at radius 3 is 2.67 bits per heavy atom. The standard InChI is InChI=1S/C14H25NO3/c1-2-12-4-3-6-14(7-5-12,13(16)17)15-8-10-18-11-9-15/h12H,2-11H2,1H3,(H,16,17). The van der Waals surface area contributed by atoms with Crippen molar-refractivity contribution in [2.45, 2.75) is 51.0 Å². The molecule has 4 heteroatoms. The molecule has 2 unspecified atom stereocenters. The first-order valence-corrected chi connectivity index (χ1v) is 7.25. The van der Waals surface area contributed by atoms with Crippen molar-refractivity contribution in [2.24, 2.45) is 5.92 Å². The van der Waals surface area contributed by atoms with Gasteiger partial charge in [-0.15, -0.1) is 0 Å². The first-order chi connectivity index (χ1) is 8.69. The Morgan fingerprint density at radius 1 is 1.33 bits per heavy atom. The predicted molar refractivity (Wildman–Crippen MR) is 69.6 cm³/mol. The highest BCUT2D eigenvalue weighted by Gasteiger charge is 2.45. The van der Waals surface area contributed by atoms with Gasteiger partial charge in [-0.25, -0.2) is 0 Å². The number of hydrogen-bond donors (Lipinski definition) is 1. The number of nitrogens with zero attached hydrogens (tertiary/aromatic N) is 1. The van der Waals surface area contributed by atoms with Gasteiger partial charge in [0, 0.05) is 13.1 Å². The molecule has 2 aliphatic rings. The minimum absolute atomic E-state index is 0.617. The highest BCUT2D eigenvalue weighted by atomic mass is 16.5. The van der Waals surface area contributed by atoms with E-state index in [1.54, 1.807) is 0 Å². The smallest absolute Gasteiger partial charge is 0.324 e. The predicted octanol–water partition coefficient (Wildman–Crippen LogP) is 2.13. The zero-order valence-electron chi connectivity index (χ0n) is 11.4. The molecule has 1 N–H and O–H groups in total. The summed E-state index contributed by atoms with van der Waals surface area (Å²) in [5.74, 6) is 0.0911. The lowest BCUT2D eigenvalue weighted by molar-refractivity contribution is -0.156. The van der Waals surface area contributed by atoms with Gasteiger partial charge in [-0.2, -0.15) is 0 Å². The quantitative estimate of drug-likeness (QED) is 0.785. The number of aliphatic carboxylic acids is 1. The van der Waals surface area contributed by atoms with Crippen LogP contribution in [0.4, 0.5) is 0 Å². The molecule has 0 bridgehead atoms. The summed E-state index contributed by atoms with van der Waals surface area (Å²) >= 11 is 0. The average molecular weight is 255 g/mol. The second-order valence-corrected chi connectivity index (χ2v) is 5.64. The molecule has 1 saturated carbocycles. The molecular formula is C14H25NO3. The molecule has 0 amide bonds. The number of ether oxygens (including phenoxy) is 1. The number of carboxylic acid groups (broad SMARTS) is 1. The summed E-state index contributed by atoms with van der Waals surface area (Å²) in [5, 5.41) is 9.74. The van der Waals surface area contributed by atoms with Crippen molar-refractivity contribution in [1.29, 1.82) is 0 Å². The third kappa shape index (κ3) is 2.69. The third-order valence-electron chi connectivity index (χ3n) is 4.76. The van der Waals surface area contributed by atoms with Gasteiger partial charge in [-0.3, -0.25) is 9.69 Å². The Kier molecular flexibility index (Phi) is 4.62. The third-order valence-corrected chi connectivity index (χ3v) is 4.76. The Morgan fingerprint density at radius 2 is 2.06 bits per heavy atom. The maximum Gasteiger partial charge on any atom is 0.324 e. The fourth-order valence-electron chi connectivity index (χ4n) is 3.46. The molecule has 1 aliphatic carbocycles. The molecule has 0 aromatic heterocycles. The van der Waals surface area contributed by atoms with Gasteiger partial charge in [0.25, 0.3) is 0 Å². The van der Waals surface area contributed by atoms with Crippen molar-refractivity contribution >= 4 is 5.97 Å². The van der Waals surface area contributed by atoms with E-state index in [0.717, 1.165) is 38.8 Å². The van der Waals surface area contributed by atoms with Gasteiger partial charge in [-0.1, -0.05) is 26.2 Å². The lowest BCUT2D eigenvalue weighted by Crippen LogP contribution is -2.58. The van der Waals surface area contributed by atoms with Gasteiger partial charge in [-0.05, 0) is 25.2 Å². The summed E-state index contributed by atoms with van der Waals surface area (Å²) in [4.78, 5) is 14.0. The molecule has 18 heavy (non-hydrogen) atoms. The van der Waals surface area contributed by atoms with Crippen molar-refractivity contribution in [2.75, 3.05) is 26.3 Å². The monoisotopic (exact) mass is 255 g/mol. The van der Waals surface area contributed by atoms with Crippen LogP contribution in [-0.4, -0.2) is 47.8 Å². The molecule has 1 aliphatic heterocycles. The topological polar surface area (TPSA) is 49.8 Å². The molecule has 2 fully saturated rings. The summed E-state index contributed by atoms with van der Waals surface area (Å²) in [5.41, 5.74) is -0.617. The maximum atomic E-state index is 11.8. The van der Waals surface area contributed by atoms with Crippen LogP contribution in [-0.2, 0) is 9.53 Å². The highest BCUT2D eigenvalue weighted by molar-refractivity contribution is 5.78. The molecular weight excluding hydrogens is 230 g/mol. The van der Waals surface area contributed by atoms with Crippen LogP contribution < -0.4 is 0 Å². The zero-order valence-corrected chi connectivity index (χ0v) is 11.4. The molecule has 1 heterocycles. The number of rotatable bonds is 3. The summed E-state index contributed by atoms with van der Waals surface area (Å²) in [6.45, 7) is 5.10. The van der Waals surface area contributed by atoms with E-state index in [-0.39, 0.29) is 0 Å². The largest absolute Gasteiger partial charge is 0.480 e. The van der Waals surface area contributed by atoms with Crippen LogP contribution in [0.5, 0.6) is 0 Å². The van der Waals surface area contributed by atoms with Crippen LogP contribution in [0.1, 0.15) is 45.4 Å². The van der Waals surface area contributed by atoms with Gasteiger partial charge in [0.2, 0.25) is 0 Å². The lowest BCUT2D eigenvalue weighted by atomic mass is 9.87. The first-order valence-electron chi connectivity index (χ1n) is 7.25. The molecule has 104 valence electrons. The fraction of sp³-hybridized carbons (Fsp3) is 0.929. The van der Waals surface area contributed by atoms with Crippen molar-refractivity contribution < 1.29 is 14.6 Å². The van der Waals surface area contributed by atoms with E-state index >= 15 is 0 Å². The summed E-state index contributed by atoms with van der Waals surface area (Å²) in [6, 6.07) is 0. The van der Waals surface area contributed by atoms with E-state index in [1.165, 1.54) is 12.8 Å². The number of morpholine rings is 1. The second kappa shape index (κ2) is 6.02. The SMILES string of the molecule is CCC1CCCC(C(=O)O)(N2CCOCC2)CC1. The Bertz CT molecular complexity index is 289. The van der Waals surface area contributed by atoms with E-state index in [2.05, 4.69) is 11.8 Å². The van der Waals surface area contributed by atoms with E-state index in [4.69, 9.17) is 4.74 Å². The molecule has 2 atom stereocenters. The van der Waals surface area contributed by atoms with E-state index in [9.17, 15) is 9.90 Å². The first kappa shape index (κ1) is 13.8. The summed E-state index contributed by atoms with van der Waals surface area (Å²) in [7, 11) is 0. The molecule has 0 aromatic carbocycles. The van der Waals surface area contributed by atoms with Crippen LogP contribution in [0.3, 0.4) is 0 Å². The van der Waals surface area contributed by atoms with E-state index in [0.29, 0.717) is 19.1 Å². The van der Waals surface area contributed by atoms with Gasteiger partial charge >= 0.3 is 5.97 Å². The van der Waals surface area contributed by atoms with Crippen LogP contribution in [0.15, 0.2) is 0 Å². The molecule has 0 radical (unpaired) electrons. The van der Waals surface area contributed by atoms with Crippen molar-refractivity contribution in [3.05, 3.63) is 0 Å². The van der Waals surface area contributed by atoms with E-state index in [1.807, 2.05) is 0 Å². The Balaban J connectivity index is 2.12. The number of carbonyl (C=O) groups is 1. The zero-order chi connectivity index (χ0) is 13.0. The van der Waals surface area contributed by atoms with E-state index < -0.39 is 11.5 Å². The second-order valence-electron chi connectivity index (χ2n) is 5.64. The van der Waals surface area contributed by atoms with Gasteiger partial charge < -0.3 is 9.84 Å². The van der Waals surface area contributed by atoms with Gasteiger partial charge in [0.05, 0.1) is 13.2 Å². The van der Waals surface area contributed by atoms with Crippen molar-refractivity contribution in [3.8, 4) is 0 Å². The molecule has 0 spiro atoms. The maximum absolute atomic E-state index is 11.8. The molecule has 4 nitrogen and oxygen atoms in total. The Labute approximate surface area is 109 Å². The Hall–Kier alpha value is -0.610. The lowest BCUT2D eigenvalue weighted by Gasteiger charge is -2.42. The average Bonchev–Trinajstić information content (AvgIpc) is 2.63. The van der Waals surface area contributed by atoms with Gasteiger partial charge in [0.15, 0.2) is 0 Å². The summed E-state index contributed by atoms with van der Waals surface area (Å²) in [6.07, 6.45) is 6.08. The van der Waals surface area contributed by atoms with Crippen LogP contribution in [0.25, 0.3) is 0 Å². The summed E-state index contributed by atoms with van der Waals surface area (Å²) < 4.78 is 5.35.